The van der Waals surface area contributed by atoms with Gasteiger partial charge in [0, 0.05) is 27.4 Å². The number of hydrogen-bond donors (Lipinski definition) is 0. The van der Waals surface area contributed by atoms with Crippen LogP contribution in [0.2, 0.25) is 0 Å². The van der Waals surface area contributed by atoms with Gasteiger partial charge in [-0.1, -0.05) is 54.6 Å². The van der Waals surface area contributed by atoms with E-state index in [1.54, 1.807) is 11.3 Å². The molecule has 5 aromatic carbocycles. The van der Waals surface area contributed by atoms with E-state index in [1.807, 2.05) is 12.1 Å². The minimum absolute atomic E-state index is 0.886. The van der Waals surface area contributed by atoms with Crippen molar-refractivity contribution in [2.24, 2.45) is 0 Å². The summed E-state index contributed by atoms with van der Waals surface area (Å²) < 4.78 is 9.58. The lowest BCUT2D eigenvalue weighted by molar-refractivity contribution is 0.669. The van der Waals surface area contributed by atoms with Crippen LogP contribution in [0.5, 0.6) is 0 Å². The van der Waals surface area contributed by atoms with Gasteiger partial charge in [-0.2, -0.15) is 0 Å². The molecular weight excluding hydrogens is 448 g/mol. The monoisotopic (exact) mass is 466 g/mol. The van der Waals surface area contributed by atoms with Gasteiger partial charge in [0.1, 0.15) is 16.2 Å². The van der Waals surface area contributed by atoms with E-state index < -0.39 is 0 Å². The highest BCUT2D eigenvalue weighted by Gasteiger charge is 2.16. The highest BCUT2D eigenvalue weighted by atomic mass is 32.1. The van der Waals surface area contributed by atoms with Crippen LogP contribution in [0.1, 0.15) is 0 Å². The molecule has 0 N–H and O–H groups in total. The summed E-state index contributed by atoms with van der Waals surface area (Å²) in [4.78, 5) is 5.08. The highest BCUT2D eigenvalue weighted by molar-refractivity contribution is 7.21. The van der Waals surface area contributed by atoms with Crippen LogP contribution in [0.15, 0.2) is 114 Å². The van der Waals surface area contributed by atoms with Gasteiger partial charge >= 0.3 is 0 Å². The van der Waals surface area contributed by atoms with Crippen LogP contribution in [-0.2, 0) is 0 Å². The first kappa shape index (κ1) is 19.0. The SMILES string of the molecule is c1ccc2c(c1)oc1ccc3sc(-c4ccc(-n5c6ccccc6c6ccccc65)cc4)nc3c12. The quantitative estimate of drug-likeness (QED) is 0.255. The smallest absolute Gasteiger partial charge is 0.137 e. The molecule has 0 atom stereocenters. The summed E-state index contributed by atoms with van der Waals surface area (Å²) in [6, 6.07) is 38.3. The fourth-order valence-electron chi connectivity index (χ4n) is 5.28. The maximum Gasteiger partial charge on any atom is 0.137 e. The van der Waals surface area contributed by atoms with E-state index in [0.717, 1.165) is 43.7 Å². The predicted molar refractivity (Wildman–Crippen MR) is 147 cm³/mol. The molecule has 3 nitrogen and oxygen atoms in total. The molecule has 0 saturated carbocycles. The van der Waals surface area contributed by atoms with E-state index in [-0.39, 0.29) is 0 Å². The summed E-state index contributed by atoms with van der Waals surface area (Å²) in [7, 11) is 0. The van der Waals surface area contributed by atoms with Gasteiger partial charge in [0.2, 0.25) is 0 Å². The number of furan rings is 1. The fraction of sp³-hybridized carbons (Fsp3) is 0. The zero-order valence-corrected chi connectivity index (χ0v) is 19.4. The van der Waals surface area contributed by atoms with Crippen LogP contribution in [0.4, 0.5) is 0 Å². The molecule has 0 radical (unpaired) electrons. The van der Waals surface area contributed by atoms with Crippen LogP contribution in [0.3, 0.4) is 0 Å². The molecule has 8 rings (SSSR count). The molecule has 0 spiro atoms. The molecular formula is C31H18N2OS. The van der Waals surface area contributed by atoms with Gasteiger partial charge in [-0.25, -0.2) is 4.98 Å². The first-order valence-corrected chi connectivity index (χ1v) is 12.5. The summed E-state index contributed by atoms with van der Waals surface area (Å²) in [6.45, 7) is 0. The van der Waals surface area contributed by atoms with Gasteiger partial charge in [0.25, 0.3) is 0 Å². The standard InChI is InChI=1S/C31H18N2OS/c1-4-10-24-21(7-1)22-8-2-5-11-25(22)33(24)20-15-13-19(14-16-20)31-32-30-28(35-31)18-17-27-29(30)23-9-3-6-12-26(23)34-27/h1-18H. The van der Waals surface area contributed by atoms with Gasteiger partial charge in [0.15, 0.2) is 0 Å². The number of aromatic nitrogens is 2. The van der Waals surface area contributed by atoms with E-state index in [2.05, 4.69) is 102 Å². The van der Waals surface area contributed by atoms with E-state index in [0.29, 0.717) is 0 Å². The molecule has 0 bridgehead atoms. The second-order valence-electron chi connectivity index (χ2n) is 8.82. The van der Waals surface area contributed by atoms with Crippen molar-refractivity contribution in [1.29, 1.82) is 0 Å². The summed E-state index contributed by atoms with van der Waals surface area (Å²) in [5.41, 5.74) is 7.51. The van der Waals surface area contributed by atoms with E-state index in [9.17, 15) is 0 Å². The number of hydrogen-bond acceptors (Lipinski definition) is 3. The molecule has 164 valence electrons. The Balaban J connectivity index is 1.29. The minimum Gasteiger partial charge on any atom is -0.456 e. The normalized spacial score (nSPS) is 12.0. The van der Waals surface area contributed by atoms with Gasteiger partial charge in [-0.05, 0) is 54.6 Å². The first-order chi connectivity index (χ1) is 17.3. The van der Waals surface area contributed by atoms with Gasteiger partial charge in [0.05, 0.1) is 26.6 Å². The Labute approximate surface area is 204 Å². The van der Waals surface area contributed by atoms with Crippen LogP contribution < -0.4 is 0 Å². The van der Waals surface area contributed by atoms with Crippen molar-refractivity contribution in [2.45, 2.75) is 0 Å². The van der Waals surface area contributed by atoms with Gasteiger partial charge in [-0.3, -0.25) is 0 Å². The number of thiazole rings is 1. The van der Waals surface area contributed by atoms with Crippen molar-refractivity contribution in [3.8, 4) is 16.3 Å². The molecule has 0 aliphatic heterocycles. The summed E-state index contributed by atoms with van der Waals surface area (Å²) in [6.07, 6.45) is 0. The summed E-state index contributed by atoms with van der Waals surface area (Å²) in [5.74, 6) is 0. The number of nitrogens with zero attached hydrogens (tertiary/aromatic N) is 2. The Hall–Kier alpha value is -4.41. The molecule has 0 amide bonds. The lowest BCUT2D eigenvalue weighted by atomic mass is 10.1. The fourth-order valence-corrected chi connectivity index (χ4v) is 6.26. The molecule has 35 heavy (non-hydrogen) atoms. The Morgan fingerprint density at radius 3 is 2.00 bits per heavy atom. The van der Waals surface area contributed by atoms with Gasteiger partial charge < -0.3 is 8.98 Å². The lowest BCUT2D eigenvalue weighted by Gasteiger charge is -2.08. The molecule has 0 unspecified atom stereocenters. The largest absolute Gasteiger partial charge is 0.456 e. The first-order valence-electron chi connectivity index (χ1n) is 11.6. The second kappa shape index (κ2) is 7.05. The van der Waals surface area contributed by atoms with E-state index >= 15 is 0 Å². The van der Waals surface area contributed by atoms with Crippen molar-refractivity contribution >= 4 is 65.3 Å². The zero-order chi connectivity index (χ0) is 22.9. The molecule has 0 fully saturated rings. The van der Waals surface area contributed by atoms with E-state index in [4.69, 9.17) is 9.40 Å². The highest BCUT2D eigenvalue weighted by Crippen LogP contribution is 2.39. The van der Waals surface area contributed by atoms with Crippen LogP contribution in [0, 0.1) is 0 Å². The Morgan fingerprint density at radius 1 is 0.600 bits per heavy atom. The van der Waals surface area contributed by atoms with Crippen molar-refractivity contribution in [2.75, 3.05) is 0 Å². The third-order valence-corrected chi connectivity index (χ3v) is 7.92. The Morgan fingerprint density at radius 2 is 1.26 bits per heavy atom. The topological polar surface area (TPSA) is 31.0 Å². The summed E-state index contributed by atoms with van der Waals surface area (Å²) in [5, 5.41) is 5.78. The predicted octanol–water partition coefficient (Wildman–Crippen LogP) is 8.96. The van der Waals surface area contributed by atoms with Crippen molar-refractivity contribution in [3.05, 3.63) is 109 Å². The van der Waals surface area contributed by atoms with Gasteiger partial charge in [-0.15, -0.1) is 11.3 Å². The van der Waals surface area contributed by atoms with Crippen LogP contribution >= 0.6 is 11.3 Å². The number of benzene rings is 5. The molecule has 3 heterocycles. The molecule has 0 aliphatic carbocycles. The maximum absolute atomic E-state index is 6.06. The third kappa shape index (κ3) is 2.69. The average Bonchev–Trinajstić information content (AvgIpc) is 3.60. The molecule has 0 aliphatic rings. The summed E-state index contributed by atoms with van der Waals surface area (Å²) >= 11 is 1.73. The lowest BCUT2D eigenvalue weighted by Crippen LogP contribution is -1.93. The maximum atomic E-state index is 6.06. The average molecular weight is 467 g/mol. The minimum atomic E-state index is 0.886. The number of para-hydroxylation sites is 3. The number of rotatable bonds is 2. The number of fused-ring (bicyclic) bond motifs is 8. The van der Waals surface area contributed by atoms with E-state index in [1.165, 1.54) is 26.5 Å². The Bertz CT molecular complexity index is 2000. The van der Waals surface area contributed by atoms with Crippen LogP contribution in [-0.4, -0.2) is 9.55 Å². The molecule has 8 aromatic rings. The Kier molecular flexibility index (Phi) is 3.82. The van der Waals surface area contributed by atoms with Crippen LogP contribution in [0.25, 0.3) is 70.2 Å². The zero-order valence-electron chi connectivity index (χ0n) is 18.6. The van der Waals surface area contributed by atoms with Crippen molar-refractivity contribution < 1.29 is 4.42 Å². The third-order valence-electron chi connectivity index (χ3n) is 6.85. The van der Waals surface area contributed by atoms with Crippen molar-refractivity contribution in [3.63, 3.8) is 0 Å². The second-order valence-corrected chi connectivity index (χ2v) is 9.85. The molecule has 4 heteroatoms. The van der Waals surface area contributed by atoms with Crippen molar-refractivity contribution in [1.82, 2.24) is 9.55 Å². The molecule has 0 saturated heterocycles. The molecule has 3 aromatic heterocycles.